The van der Waals surface area contributed by atoms with E-state index in [1.807, 2.05) is 5.43 Å². The predicted molar refractivity (Wildman–Crippen MR) is 85.6 cm³/mol. The highest BCUT2D eigenvalue weighted by Crippen LogP contribution is 2.16. The molecular weight excluding hydrogens is 316 g/mol. The molecule has 0 aliphatic heterocycles. The maximum atomic E-state index is 11.7. The van der Waals surface area contributed by atoms with E-state index in [9.17, 15) is 19.7 Å². The number of nitrogens with one attached hydrogen (secondary N) is 2. The minimum Gasteiger partial charge on any atom is -0.508 e. The van der Waals surface area contributed by atoms with E-state index in [2.05, 4.69) is 10.4 Å². The summed E-state index contributed by atoms with van der Waals surface area (Å²) in [7, 11) is 0. The fourth-order valence-electron chi connectivity index (χ4n) is 1.66. The van der Waals surface area contributed by atoms with Crippen LogP contribution in [0.4, 0.5) is 11.4 Å². The summed E-state index contributed by atoms with van der Waals surface area (Å²) in [6, 6.07) is 11.2. The van der Waals surface area contributed by atoms with Crippen LogP contribution >= 0.6 is 0 Å². The van der Waals surface area contributed by atoms with Crippen molar-refractivity contribution in [3.05, 3.63) is 64.2 Å². The lowest BCUT2D eigenvalue weighted by Crippen LogP contribution is -2.32. The highest BCUT2D eigenvalue weighted by atomic mass is 16.6. The lowest BCUT2D eigenvalue weighted by Gasteiger charge is -2.03. The molecular formula is C15H12N4O5. The van der Waals surface area contributed by atoms with E-state index in [1.165, 1.54) is 36.5 Å². The van der Waals surface area contributed by atoms with Gasteiger partial charge in [0.25, 0.3) is 5.69 Å². The minimum atomic E-state index is -1.03. The zero-order chi connectivity index (χ0) is 17.5. The molecule has 2 amide bonds. The van der Waals surface area contributed by atoms with E-state index in [4.69, 9.17) is 5.11 Å². The Labute approximate surface area is 135 Å². The second-order valence-electron chi connectivity index (χ2n) is 4.55. The van der Waals surface area contributed by atoms with Gasteiger partial charge in [0, 0.05) is 17.8 Å². The van der Waals surface area contributed by atoms with Crippen LogP contribution in [0.3, 0.4) is 0 Å². The van der Waals surface area contributed by atoms with Gasteiger partial charge in [0.1, 0.15) is 5.75 Å². The Morgan fingerprint density at radius 3 is 2.50 bits per heavy atom. The molecule has 9 heteroatoms. The molecule has 0 bridgehead atoms. The van der Waals surface area contributed by atoms with Gasteiger partial charge in [-0.3, -0.25) is 19.7 Å². The normalized spacial score (nSPS) is 10.3. The highest BCUT2D eigenvalue weighted by molar-refractivity contribution is 6.39. The van der Waals surface area contributed by atoms with Crippen LogP contribution in [0.2, 0.25) is 0 Å². The van der Waals surface area contributed by atoms with Gasteiger partial charge in [-0.2, -0.15) is 5.10 Å². The average molecular weight is 328 g/mol. The van der Waals surface area contributed by atoms with Crippen molar-refractivity contribution in [2.75, 3.05) is 5.32 Å². The summed E-state index contributed by atoms with van der Waals surface area (Å²) in [4.78, 5) is 33.3. The molecule has 0 aromatic heterocycles. The van der Waals surface area contributed by atoms with Crippen LogP contribution < -0.4 is 10.7 Å². The first-order chi connectivity index (χ1) is 11.5. The summed E-state index contributed by atoms with van der Waals surface area (Å²) >= 11 is 0. The number of nitro benzene ring substituents is 1. The predicted octanol–water partition coefficient (Wildman–Crippen LogP) is 1.39. The molecule has 0 unspecified atom stereocenters. The molecule has 2 aromatic carbocycles. The van der Waals surface area contributed by atoms with E-state index < -0.39 is 16.7 Å². The second kappa shape index (κ2) is 7.49. The number of hydrogen-bond acceptors (Lipinski definition) is 6. The number of rotatable bonds is 4. The second-order valence-corrected chi connectivity index (χ2v) is 4.55. The zero-order valence-electron chi connectivity index (χ0n) is 12.2. The molecule has 0 spiro atoms. The van der Waals surface area contributed by atoms with E-state index >= 15 is 0 Å². The number of carbonyl (C=O) groups excluding carboxylic acids is 2. The molecule has 0 saturated heterocycles. The van der Waals surface area contributed by atoms with E-state index in [-0.39, 0.29) is 17.1 Å². The van der Waals surface area contributed by atoms with Crippen molar-refractivity contribution < 1.29 is 19.6 Å². The summed E-state index contributed by atoms with van der Waals surface area (Å²) in [5.41, 5.74) is 2.54. The van der Waals surface area contributed by atoms with Crippen molar-refractivity contribution in [3.8, 4) is 5.75 Å². The summed E-state index contributed by atoms with van der Waals surface area (Å²) in [5.74, 6) is -1.96. The van der Waals surface area contributed by atoms with Crippen LogP contribution in [0.25, 0.3) is 0 Å². The number of phenolic OH excluding ortho intramolecular Hbond substituents is 1. The van der Waals surface area contributed by atoms with Crippen LogP contribution in [0.15, 0.2) is 53.6 Å². The van der Waals surface area contributed by atoms with Crippen LogP contribution in [0.1, 0.15) is 5.56 Å². The van der Waals surface area contributed by atoms with Crippen molar-refractivity contribution in [1.29, 1.82) is 0 Å². The number of nitro groups is 1. The van der Waals surface area contributed by atoms with Crippen molar-refractivity contribution in [2.45, 2.75) is 0 Å². The number of anilines is 1. The molecule has 122 valence electrons. The molecule has 0 heterocycles. The van der Waals surface area contributed by atoms with Gasteiger partial charge in [0.15, 0.2) is 0 Å². The van der Waals surface area contributed by atoms with E-state index in [1.54, 1.807) is 12.1 Å². The number of hydrogen-bond donors (Lipinski definition) is 3. The first-order valence-electron chi connectivity index (χ1n) is 6.63. The lowest BCUT2D eigenvalue weighted by molar-refractivity contribution is -0.384. The quantitative estimate of drug-likeness (QED) is 0.337. The molecule has 24 heavy (non-hydrogen) atoms. The molecule has 0 radical (unpaired) electrons. The van der Waals surface area contributed by atoms with Gasteiger partial charge in [-0.1, -0.05) is 6.07 Å². The molecule has 0 aliphatic rings. The maximum Gasteiger partial charge on any atom is 0.329 e. The molecule has 9 nitrogen and oxygen atoms in total. The number of aromatic hydroxyl groups is 1. The maximum absolute atomic E-state index is 11.7. The van der Waals surface area contributed by atoms with Gasteiger partial charge < -0.3 is 10.4 Å². The Bertz CT molecular complexity index is 802. The monoisotopic (exact) mass is 328 g/mol. The zero-order valence-corrected chi connectivity index (χ0v) is 12.2. The Morgan fingerprint density at radius 2 is 1.83 bits per heavy atom. The summed E-state index contributed by atoms with van der Waals surface area (Å²) < 4.78 is 0. The molecule has 0 saturated carbocycles. The third-order valence-electron chi connectivity index (χ3n) is 2.79. The Balaban J connectivity index is 1.92. The van der Waals surface area contributed by atoms with Crippen LogP contribution in [0.5, 0.6) is 5.75 Å². The highest BCUT2D eigenvalue weighted by Gasteiger charge is 2.14. The Kier molecular flexibility index (Phi) is 5.19. The SMILES string of the molecule is O=C(N/N=C/c1ccc(O)cc1)C(=O)Nc1cccc([N+](=O)[O-])c1. The van der Waals surface area contributed by atoms with Crippen LogP contribution in [-0.2, 0) is 9.59 Å². The average Bonchev–Trinajstić information content (AvgIpc) is 2.56. The number of phenols is 1. The van der Waals surface area contributed by atoms with Crippen molar-refractivity contribution in [3.63, 3.8) is 0 Å². The van der Waals surface area contributed by atoms with Gasteiger partial charge in [-0.15, -0.1) is 0 Å². The standard InChI is InChI=1S/C15H12N4O5/c20-13-6-4-10(5-7-13)9-16-18-15(22)14(21)17-11-2-1-3-12(8-11)19(23)24/h1-9,20H,(H,17,21)(H,18,22)/b16-9+. The van der Waals surface area contributed by atoms with Gasteiger partial charge in [0.2, 0.25) is 0 Å². The van der Waals surface area contributed by atoms with Crippen molar-refractivity contribution in [2.24, 2.45) is 5.10 Å². The first-order valence-corrected chi connectivity index (χ1v) is 6.63. The van der Waals surface area contributed by atoms with Crippen molar-refractivity contribution in [1.82, 2.24) is 5.43 Å². The lowest BCUT2D eigenvalue weighted by atomic mass is 10.2. The van der Waals surface area contributed by atoms with Gasteiger partial charge in [0.05, 0.1) is 11.1 Å². The van der Waals surface area contributed by atoms with Gasteiger partial charge in [-0.25, -0.2) is 5.43 Å². The van der Waals surface area contributed by atoms with Crippen LogP contribution in [0, 0.1) is 10.1 Å². The molecule has 3 N–H and O–H groups in total. The van der Waals surface area contributed by atoms with Crippen LogP contribution in [-0.4, -0.2) is 28.1 Å². The Hall–Kier alpha value is -3.75. The number of hydrazone groups is 1. The van der Waals surface area contributed by atoms with Gasteiger partial charge >= 0.3 is 11.8 Å². The first kappa shape index (κ1) is 16.6. The largest absolute Gasteiger partial charge is 0.508 e. The number of benzene rings is 2. The third-order valence-corrected chi connectivity index (χ3v) is 2.79. The molecule has 2 rings (SSSR count). The molecule has 0 aliphatic carbocycles. The van der Waals surface area contributed by atoms with Crippen molar-refractivity contribution >= 4 is 29.4 Å². The number of non-ortho nitro benzene ring substituents is 1. The smallest absolute Gasteiger partial charge is 0.329 e. The number of amides is 2. The summed E-state index contributed by atoms with van der Waals surface area (Å²) in [6.45, 7) is 0. The van der Waals surface area contributed by atoms with Gasteiger partial charge in [-0.05, 0) is 35.9 Å². The molecule has 0 atom stereocenters. The minimum absolute atomic E-state index is 0.0903. The summed E-state index contributed by atoms with van der Waals surface area (Å²) in [6.07, 6.45) is 1.29. The number of nitrogens with zero attached hydrogens (tertiary/aromatic N) is 2. The fourth-order valence-corrected chi connectivity index (χ4v) is 1.66. The third kappa shape index (κ3) is 4.63. The summed E-state index contributed by atoms with van der Waals surface area (Å²) in [5, 5.41) is 25.6. The van der Waals surface area contributed by atoms with E-state index in [0.717, 1.165) is 6.07 Å². The topological polar surface area (TPSA) is 134 Å². The fraction of sp³-hybridized carbons (Fsp3) is 0. The molecule has 0 fully saturated rings. The molecule has 2 aromatic rings. The number of carbonyl (C=O) groups is 2. The van der Waals surface area contributed by atoms with E-state index in [0.29, 0.717) is 5.56 Å². The Morgan fingerprint density at radius 1 is 1.12 bits per heavy atom.